The highest BCUT2D eigenvalue weighted by atomic mass is 19.4. The summed E-state index contributed by atoms with van der Waals surface area (Å²) >= 11 is 0. The molecule has 0 spiro atoms. The predicted molar refractivity (Wildman–Crippen MR) is 57.0 cm³/mol. The van der Waals surface area contributed by atoms with Gasteiger partial charge < -0.3 is 5.11 Å². The van der Waals surface area contributed by atoms with Crippen molar-refractivity contribution in [1.82, 2.24) is 0 Å². The highest BCUT2D eigenvalue weighted by Gasteiger charge is 2.42. The molecule has 96 valence electrons. The molecule has 0 bridgehead atoms. The molecule has 1 aliphatic carbocycles. The van der Waals surface area contributed by atoms with Crippen molar-refractivity contribution < 1.29 is 18.3 Å². The fourth-order valence-corrected chi connectivity index (χ4v) is 2.51. The van der Waals surface area contributed by atoms with E-state index >= 15 is 0 Å². The van der Waals surface area contributed by atoms with Gasteiger partial charge in [0.15, 0.2) is 0 Å². The van der Waals surface area contributed by atoms with Crippen molar-refractivity contribution >= 4 is 0 Å². The van der Waals surface area contributed by atoms with Crippen LogP contribution in [0.15, 0.2) is 0 Å². The molecular weight excluding hydrogens is 217 g/mol. The van der Waals surface area contributed by atoms with E-state index in [1.807, 2.05) is 13.8 Å². The van der Waals surface area contributed by atoms with E-state index in [9.17, 15) is 18.3 Å². The van der Waals surface area contributed by atoms with Gasteiger partial charge in [0, 0.05) is 0 Å². The molecule has 1 fully saturated rings. The van der Waals surface area contributed by atoms with Crippen molar-refractivity contribution in [3.05, 3.63) is 0 Å². The zero-order chi connectivity index (χ0) is 12.3. The first kappa shape index (κ1) is 13.8. The van der Waals surface area contributed by atoms with Crippen LogP contribution in [0, 0.1) is 17.8 Å². The quantitative estimate of drug-likeness (QED) is 0.793. The van der Waals surface area contributed by atoms with Gasteiger partial charge in [-0.15, -0.1) is 0 Å². The van der Waals surface area contributed by atoms with Crippen molar-refractivity contribution in [3.8, 4) is 0 Å². The van der Waals surface area contributed by atoms with Gasteiger partial charge in [-0.3, -0.25) is 0 Å². The molecular formula is C12H21F3O. The summed E-state index contributed by atoms with van der Waals surface area (Å²) in [6.07, 6.45) is -2.38. The Morgan fingerprint density at radius 2 is 1.62 bits per heavy atom. The molecule has 1 atom stereocenters. The average Bonchev–Trinajstić information content (AvgIpc) is 2.15. The second-order valence-electron chi connectivity index (χ2n) is 5.35. The Kier molecular flexibility index (Phi) is 4.65. The first-order valence-corrected chi connectivity index (χ1v) is 6.05. The lowest BCUT2D eigenvalue weighted by atomic mass is 9.77. The molecule has 1 saturated carbocycles. The van der Waals surface area contributed by atoms with Gasteiger partial charge in [0.1, 0.15) is 0 Å². The van der Waals surface area contributed by atoms with Crippen molar-refractivity contribution in [3.63, 3.8) is 0 Å². The lowest BCUT2D eigenvalue weighted by molar-refractivity contribution is -0.185. The number of halogens is 3. The van der Waals surface area contributed by atoms with E-state index in [0.717, 1.165) is 0 Å². The Morgan fingerprint density at radius 3 is 2.00 bits per heavy atom. The molecule has 0 saturated heterocycles. The van der Waals surface area contributed by atoms with Crippen molar-refractivity contribution in [2.45, 2.75) is 58.2 Å². The number of aliphatic hydroxyl groups excluding tert-OH is 1. The van der Waals surface area contributed by atoms with E-state index in [-0.39, 0.29) is 18.8 Å². The summed E-state index contributed by atoms with van der Waals surface area (Å²) in [6, 6.07) is 0. The SMILES string of the molecule is CC(C)CC(O)C1CCC(C(F)(F)F)CC1. The minimum Gasteiger partial charge on any atom is -0.393 e. The second-order valence-corrected chi connectivity index (χ2v) is 5.35. The summed E-state index contributed by atoms with van der Waals surface area (Å²) in [5.41, 5.74) is 0. The van der Waals surface area contributed by atoms with E-state index < -0.39 is 18.2 Å². The third-order valence-corrected chi connectivity index (χ3v) is 3.49. The van der Waals surface area contributed by atoms with Crippen LogP contribution in [-0.2, 0) is 0 Å². The monoisotopic (exact) mass is 238 g/mol. The molecule has 0 aliphatic heterocycles. The van der Waals surface area contributed by atoms with Crippen LogP contribution < -0.4 is 0 Å². The summed E-state index contributed by atoms with van der Waals surface area (Å²) in [5, 5.41) is 9.85. The number of rotatable bonds is 3. The van der Waals surface area contributed by atoms with Crippen LogP contribution in [0.2, 0.25) is 0 Å². The molecule has 1 N–H and O–H groups in total. The summed E-state index contributed by atoms with van der Waals surface area (Å²) in [7, 11) is 0. The Bertz CT molecular complexity index is 205. The van der Waals surface area contributed by atoms with Gasteiger partial charge in [0.2, 0.25) is 0 Å². The van der Waals surface area contributed by atoms with Gasteiger partial charge in [0.25, 0.3) is 0 Å². The molecule has 0 heterocycles. The number of hydrogen-bond donors (Lipinski definition) is 1. The molecule has 4 heteroatoms. The van der Waals surface area contributed by atoms with Crippen molar-refractivity contribution in [1.29, 1.82) is 0 Å². The second kappa shape index (κ2) is 5.39. The first-order chi connectivity index (χ1) is 7.30. The van der Waals surface area contributed by atoms with Crippen LogP contribution in [0.4, 0.5) is 13.2 Å². The van der Waals surface area contributed by atoms with Gasteiger partial charge in [-0.05, 0) is 43.9 Å². The smallest absolute Gasteiger partial charge is 0.391 e. The van der Waals surface area contributed by atoms with Gasteiger partial charge >= 0.3 is 6.18 Å². The largest absolute Gasteiger partial charge is 0.393 e. The Labute approximate surface area is 95.0 Å². The fraction of sp³-hybridized carbons (Fsp3) is 1.00. The molecule has 16 heavy (non-hydrogen) atoms. The Balaban J connectivity index is 2.37. The number of aliphatic hydroxyl groups is 1. The lowest BCUT2D eigenvalue weighted by Crippen LogP contribution is -2.32. The molecule has 0 aromatic rings. The Morgan fingerprint density at radius 1 is 1.12 bits per heavy atom. The maximum absolute atomic E-state index is 12.4. The molecule has 1 rings (SSSR count). The van der Waals surface area contributed by atoms with E-state index in [1.54, 1.807) is 0 Å². The van der Waals surface area contributed by atoms with Crippen LogP contribution in [0.3, 0.4) is 0 Å². The Hall–Kier alpha value is -0.250. The molecule has 0 aromatic carbocycles. The standard InChI is InChI=1S/C12H21F3O/c1-8(2)7-11(16)9-3-5-10(6-4-9)12(13,14)15/h8-11,16H,3-7H2,1-2H3. The topological polar surface area (TPSA) is 20.2 Å². The van der Waals surface area contributed by atoms with Crippen LogP contribution in [0.25, 0.3) is 0 Å². The highest BCUT2D eigenvalue weighted by Crippen LogP contribution is 2.40. The van der Waals surface area contributed by atoms with Crippen molar-refractivity contribution in [2.75, 3.05) is 0 Å². The summed E-state index contributed by atoms with van der Waals surface area (Å²) in [4.78, 5) is 0. The first-order valence-electron chi connectivity index (χ1n) is 6.05. The fourth-order valence-electron chi connectivity index (χ4n) is 2.51. The van der Waals surface area contributed by atoms with Gasteiger partial charge in [-0.1, -0.05) is 13.8 Å². The van der Waals surface area contributed by atoms with E-state index in [2.05, 4.69) is 0 Å². The van der Waals surface area contributed by atoms with E-state index in [1.165, 1.54) is 0 Å². The van der Waals surface area contributed by atoms with Crippen LogP contribution in [0.1, 0.15) is 46.0 Å². The lowest BCUT2D eigenvalue weighted by Gasteiger charge is -2.32. The highest BCUT2D eigenvalue weighted by molar-refractivity contribution is 4.81. The van der Waals surface area contributed by atoms with Crippen LogP contribution in [-0.4, -0.2) is 17.4 Å². The van der Waals surface area contributed by atoms with Crippen molar-refractivity contribution in [2.24, 2.45) is 17.8 Å². The summed E-state index contributed by atoms with van der Waals surface area (Å²) in [5.74, 6) is -0.675. The minimum absolute atomic E-state index is 0.0704. The molecule has 0 amide bonds. The predicted octanol–water partition coefficient (Wildman–Crippen LogP) is 3.76. The molecule has 1 unspecified atom stereocenters. The molecule has 1 aliphatic rings. The normalized spacial score (nSPS) is 29.4. The maximum Gasteiger partial charge on any atom is 0.391 e. The molecule has 0 radical (unpaired) electrons. The molecule has 0 aromatic heterocycles. The van der Waals surface area contributed by atoms with E-state index in [0.29, 0.717) is 25.2 Å². The van der Waals surface area contributed by atoms with Crippen LogP contribution in [0.5, 0.6) is 0 Å². The third kappa shape index (κ3) is 3.96. The van der Waals surface area contributed by atoms with Crippen LogP contribution >= 0.6 is 0 Å². The minimum atomic E-state index is -4.05. The number of alkyl halides is 3. The molecule has 1 nitrogen and oxygen atoms in total. The number of hydrogen-bond acceptors (Lipinski definition) is 1. The maximum atomic E-state index is 12.4. The van der Waals surface area contributed by atoms with Gasteiger partial charge in [-0.25, -0.2) is 0 Å². The summed E-state index contributed by atoms with van der Waals surface area (Å²) in [6.45, 7) is 4.04. The third-order valence-electron chi connectivity index (χ3n) is 3.49. The summed E-state index contributed by atoms with van der Waals surface area (Å²) < 4.78 is 37.3. The zero-order valence-corrected chi connectivity index (χ0v) is 9.93. The van der Waals surface area contributed by atoms with E-state index in [4.69, 9.17) is 0 Å². The van der Waals surface area contributed by atoms with Gasteiger partial charge in [-0.2, -0.15) is 13.2 Å². The zero-order valence-electron chi connectivity index (χ0n) is 9.93. The average molecular weight is 238 g/mol. The van der Waals surface area contributed by atoms with Gasteiger partial charge in [0.05, 0.1) is 12.0 Å².